The summed E-state index contributed by atoms with van der Waals surface area (Å²) >= 11 is 0. The maximum absolute atomic E-state index is 8.82. The minimum Gasteiger partial charge on any atom is -0.493 e. The van der Waals surface area contributed by atoms with E-state index in [4.69, 9.17) is 9.84 Å². The van der Waals surface area contributed by atoms with Gasteiger partial charge in [-0.15, -0.1) is 0 Å². The zero-order valence-electron chi connectivity index (χ0n) is 11.1. The van der Waals surface area contributed by atoms with E-state index in [1.165, 1.54) is 5.56 Å². The van der Waals surface area contributed by atoms with Crippen molar-refractivity contribution in [2.45, 2.75) is 38.1 Å². The standard InChI is InChI=1S/C15H23NO2/c1-12(5-4-9-17)16-11-13-8-10-18-15-7-3-2-6-14(13)15/h2-3,6-7,12-13,16-17H,4-5,8-11H2,1H3. The molecule has 2 N–H and O–H groups in total. The van der Waals surface area contributed by atoms with Crippen LogP contribution >= 0.6 is 0 Å². The monoisotopic (exact) mass is 249 g/mol. The summed E-state index contributed by atoms with van der Waals surface area (Å²) in [7, 11) is 0. The second kappa shape index (κ2) is 6.76. The Balaban J connectivity index is 1.87. The van der Waals surface area contributed by atoms with E-state index >= 15 is 0 Å². The van der Waals surface area contributed by atoms with Gasteiger partial charge in [0.05, 0.1) is 6.61 Å². The largest absolute Gasteiger partial charge is 0.493 e. The number of benzene rings is 1. The van der Waals surface area contributed by atoms with Gasteiger partial charge in [-0.2, -0.15) is 0 Å². The van der Waals surface area contributed by atoms with Gasteiger partial charge in [-0.05, 0) is 37.8 Å². The van der Waals surface area contributed by atoms with Crippen molar-refractivity contribution >= 4 is 0 Å². The minimum absolute atomic E-state index is 0.284. The van der Waals surface area contributed by atoms with E-state index < -0.39 is 0 Å². The summed E-state index contributed by atoms with van der Waals surface area (Å²) in [6, 6.07) is 8.79. The van der Waals surface area contributed by atoms with Crippen molar-refractivity contribution in [3.05, 3.63) is 29.8 Å². The molecule has 0 amide bonds. The molecule has 2 rings (SSSR count). The summed E-state index contributed by atoms with van der Waals surface area (Å²) in [5.41, 5.74) is 1.32. The van der Waals surface area contributed by atoms with E-state index in [0.29, 0.717) is 12.0 Å². The van der Waals surface area contributed by atoms with Crippen molar-refractivity contribution in [3.8, 4) is 5.75 Å². The van der Waals surface area contributed by atoms with Crippen LogP contribution in [0.4, 0.5) is 0 Å². The number of ether oxygens (including phenoxy) is 1. The lowest BCUT2D eigenvalue weighted by Gasteiger charge is -2.27. The maximum Gasteiger partial charge on any atom is 0.122 e. The summed E-state index contributed by atoms with van der Waals surface area (Å²) in [5, 5.41) is 12.4. The first-order valence-electron chi connectivity index (χ1n) is 6.87. The van der Waals surface area contributed by atoms with Crippen molar-refractivity contribution in [2.24, 2.45) is 0 Å². The number of aliphatic hydroxyl groups is 1. The third-order valence-electron chi connectivity index (χ3n) is 3.59. The molecule has 0 saturated carbocycles. The highest BCUT2D eigenvalue weighted by molar-refractivity contribution is 5.37. The summed E-state index contributed by atoms with van der Waals surface area (Å²) in [6.07, 6.45) is 2.98. The van der Waals surface area contributed by atoms with Crippen molar-refractivity contribution in [1.82, 2.24) is 5.32 Å². The molecule has 1 aliphatic heterocycles. The Morgan fingerprint density at radius 2 is 2.28 bits per heavy atom. The summed E-state index contributed by atoms with van der Waals surface area (Å²) in [6.45, 7) is 4.27. The van der Waals surface area contributed by atoms with Gasteiger partial charge in [0.1, 0.15) is 5.75 Å². The second-order valence-electron chi connectivity index (χ2n) is 5.05. The van der Waals surface area contributed by atoms with Crippen molar-refractivity contribution < 1.29 is 9.84 Å². The van der Waals surface area contributed by atoms with Crippen LogP contribution < -0.4 is 10.1 Å². The molecule has 0 bridgehead atoms. The Bertz CT molecular complexity index is 367. The molecule has 2 unspecified atom stereocenters. The molecular weight excluding hydrogens is 226 g/mol. The topological polar surface area (TPSA) is 41.5 Å². The van der Waals surface area contributed by atoms with Gasteiger partial charge < -0.3 is 15.2 Å². The van der Waals surface area contributed by atoms with E-state index in [-0.39, 0.29) is 6.61 Å². The molecule has 0 spiro atoms. The van der Waals surface area contributed by atoms with Crippen LogP contribution in [0.3, 0.4) is 0 Å². The normalized spacial score (nSPS) is 20.0. The number of fused-ring (bicyclic) bond motifs is 1. The van der Waals surface area contributed by atoms with Gasteiger partial charge in [0.15, 0.2) is 0 Å². The van der Waals surface area contributed by atoms with Crippen LogP contribution in [0.5, 0.6) is 5.75 Å². The number of hydrogen-bond donors (Lipinski definition) is 2. The third-order valence-corrected chi connectivity index (χ3v) is 3.59. The highest BCUT2D eigenvalue weighted by atomic mass is 16.5. The third kappa shape index (κ3) is 3.47. The fourth-order valence-electron chi connectivity index (χ4n) is 2.47. The van der Waals surface area contributed by atoms with E-state index in [9.17, 15) is 0 Å². The van der Waals surface area contributed by atoms with Crippen molar-refractivity contribution in [1.29, 1.82) is 0 Å². The molecule has 18 heavy (non-hydrogen) atoms. The molecule has 0 saturated heterocycles. The van der Waals surface area contributed by atoms with Gasteiger partial charge in [-0.3, -0.25) is 0 Å². The summed E-state index contributed by atoms with van der Waals surface area (Å²) < 4.78 is 5.66. The van der Waals surface area contributed by atoms with Crippen molar-refractivity contribution in [3.63, 3.8) is 0 Å². The van der Waals surface area contributed by atoms with Gasteiger partial charge in [-0.25, -0.2) is 0 Å². The van der Waals surface area contributed by atoms with E-state index in [0.717, 1.165) is 38.2 Å². The first-order valence-corrected chi connectivity index (χ1v) is 6.87. The minimum atomic E-state index is 0.284. The van der Waals surface area contributed by atoms with Gasteiger partial charge in [-0.1, -0.05) is 18.2 Å². The fourth-order valence-corrected chi connectivity index (χ4v) is 2.47. The van der Waals surface area contributed by atoms with Gasteiger partial charge in [0, 0.05) is 25.1 Å². The molecule has 1 heterocycles. The first-order chi connectivity index (χ1) is 8.81. The van der Waals surface area contributed by atoms with Crippen LogP contribution in [-0.2, 0) is 0 Å². The Labute approximate surface area is 109 Å². The van der Waals surface area contributed by atoms with Gasteiger partial charge in [0.2, 0.25) is 0 Å². The summed E-state index contributed by atoms with van der Waals surface area (Å²) in [4.78, 5) is 0. The molecule has 1 aromatic carbocycles. The number of para-hydroxylation sites is 1. The Kier molecular flexibility index (Phi) is 5.02. The lowest BCUT2D eigenvalue weighted by molar-refractivity contribution is 0.258. The molecule has 100 valence electrons. The number of aliphatic hydroxyl groups excluding tert-OH is 1. The highest BCUT2D eigenvalue weighted by Crippen LogP contribution is 2.32. The smallest absolute Gasteiger partial charge is 0.122 e. The van der Waals surface area contributed by atoms with Gasteiger partial charge >= 0.3 is 0 Å². The fraction of sp³-hybridized carbons (Fsp3) is 0.600. The quantitative estimate of drug-likeness (QED) is 0.813. The highest BCUT2D eigenvalue weighted by Gasteiger charge is 2.20. The summed E-state index contributed by atoms with van der Waals surface area (Å²) in [5.74, 6) is 1.59. The lowest BCUT2D eigenvalue weighted by Crippen LogP contribution is -2.32. The maximum atomic E-state index is 8.82. The van der Waals surface area contributed by atoms with E-state index in [1.54, 1.807) is 0 Å². The molecule has 0 radical (unpaired) electrons. The van der Waals surface area contributed by atoms with Crippen LogP contribution in [0.2, 0.25) is 0 Å². The molecule has 0 aliphatic carbocycles. The number of nitrogens with one attached hydrogen (secondary N) is 1. The predicted molar refractivity (Wildman–Crippen MR) is 73.1 cm³/mol. The molecule has 1 aliphatic rings. The molecule has 0 aromatic heterocycles. The average Bonchev–Trinajstić information content (AvgIpc) is 2.42. The van der Waals surface area contributed by atoms with Crippen LogP contribution in [0.25, 0.3) is 0 Å². The Morgan fingerprint density at radius 3 is 3.11 bits per heavy atom. The zero-order chi connectivity index (χ0) is 12.8. The van der Waals surface area contributed by atoms with E-state index in [1.807, 2.05) is 6.07 Å². The Hall–Kier alpha value is -1.06. The number of hydrogen-bond acceptors (Lipinski definition) is 3. The van der Waals surface area contributed by atoms with Crippen LogP contribution in [0.15, 0.2) is 24.3 Å². The van der Waals surface area contributed by atoms with E-state index in [2.05, 4.69) is 30.4 Å². The van der Waals surface area contributed by atoms with Crippen LogP contribution in [0, 0.1) is 0 Å². The zero-order valence-corrected chi connectivity index (χ0v) is 11.1. The molecule has 0 fully saturated rings. The molecule has 1 aromatic rings. The Morgan fingerprint density at radius 1 is 1.44 bits per heavy atom. The first kappa shape index (κ1) is 13.4. The average molecular weight is 249 g/mol. The molecule has 3 nitrogen and oxygen atoms in total. The molecule has 3 heteroatoms. The molecule has 2 atom stereocenters. The predicted octanol–water partition coefficient (Wildman–Crippen LogP) is 2.30. The van der Waals surface area contributed by atoms with Crippen LogP contribution in [0.1, 0.15) is 37.7 Å². The second-order valence-corrected chi connectivity index (χ2v) is 5.05. The lowest BCUT2D eigenvalue weighted by atomic mass is 9.93. The van der Waals surface area contributed by atoms with Crippen molar-refractivity contribution in [2.75, 3.05) is 19.8 Å². The van der Waals surface area contributed by atoms with Crippen LogP contribution in [-0.4, -0.2) is 30.9 Å². The number of rotatable bonds is 6. The SMILES string of the molecule is CC(CCCO)NCC1CCOc2ccccc21. The molecular formula is C15H23NO2. The van der Waals surface area contributed by atoms with Gasteiger partial charge in [0.25, 0.3) is 0 Å².